The molecule has 1 N–H and O–H groups in total. The number of rotatable bonds is 2. The number of carbonyl (C=O) groups excluding carboxylic acids is 1. The van der Waals surface area contributed by atoms with Crippen molar-refractivity contribution < 1.29 is 10.0 Å². The van der Waals surface area contributed by atoms with Crippen LogP contribution in [0.15, 0.2) is 10.2 Å². The van der Waals surface area contributed by atoms with Crippen LogP contribution in [-0.4, -0.2) is 33.3 Å². The van der Waals surface area contributed by atoms with E-state index in [9.17, 15) is 4.79 Å². The topological polar surface area (TPSA) is 65.3 Å². The highest BCUT2D eigenvalue weighted by Gasteiger charge is 2.26. The third kappa shape index (κ3) is 2.82. The Labute approximate surface area is 80.5 Å². The molecule has 0 atom stereocenters. The molecule has 1 fully saturated rings. The molecule has 0 radical (unpaired) electrons. The predicted molar refractivity (Wildman–Crippen MR) is 51.9 cm³/mol. The molecule has 0 spiro atoms. The van der Waals surface area contributed by atoms with Gasteiger partial charge in [-0.1, -0.05) is 25.6 Å². The van der Waals surface area contributed by atoms with Crippen LogP contribution in [0.4, 0.5) is 0 Å². The molecule has 0 aromatic rings. The smallest absolute Gasteiger partial charge is 0.263 e. The molecule has 5 nitrogen and oxygen atoms in total. The Morgan fingerprint density at radius 3 is 2.85 bits per heavy atom. The van der Waals surface area contributed by atoms with E-state index in [1.54, 1.807) is 6.21 Å². The summed E-state index contributed by atoms with van der Waals surface area (Å²) in [6, 6.07) is 0. The summed E-state index contributed by atoms with van der Waals surface area (Å²) in [5.74, 6) is 0.175. The SMILES string of the molecule is CC(C)/C=N/N=C1\SCC(=O)N1O. The zero-order valence-electron chi connectivity index (χ0n) is 7.47. The Balaban J connectivity index is 2.58. The molecule has 1 aliphatic heterocycles. The predicted octanol–water partition coefficient (Wildman–Crippen LogP) is 0.949. The molecule has 0 unspecified atom stereocenters. The van der Waals surface area contributed by atoms with Crippen molar-refractivity contribution in [2.24, 2.45) is 16.1 Å². The van der Waals surface area contributed by atoms with Gasteiger partial charge in [0, 0.05) is 6.21 Å². The van der Waals surface area contributed by atoms with Crippen LogP contribution >= 0.6 is 11.8 Å². The highest BCUT2D eigenvalue weighted by molar-refractivity contribution is 8.15. The van der Waals surface area contributed by atoms with Crippen LogP contribution in [0, 0.1) is 5.92 Å². The second kappa shape index (κ2) is 4.38. The minimum atomic E-state index is -0.358. The number of amidine groups is 1. The Morgan fingerprint density at radius 1 is 1.69 bits per heavy atom. The second-order valence-corrected chi connectivity index (χ2v) is 3.83. The molecule has 0 saturated carbocycles. The lowest BCUT2D eigenvalue weighted by Gasteiger charge is -2.02. The van der Waals surface area contributed by atoms with Gasteiger partial charge in [0.15, 0.2) is 0 Å². The molecule has 1 rings (SSSR count). The molecule has 0 aromatic carbocycles. The Kier molecular flexibility index (Phi) is 3.44. The standard InChI is InChI=1S/C7H11N3O2S/c1-5(2)3-8-9-7-10(12)6(11)4-13-7/h3,5,12H,4H2,1-2H3/b8-3+,9-7-. The summed E-state index contributed by atoms with van der Waals surface area (Å²) in [4.78, 5) is 10.8. The van der Waals surface area contributed by atoms with E-state index in [1.165, 1.54) is 11.8 Å². The molecule has 6 heteroatoms. The van der Waals surface area contributed by atoms with Gasteiger partial charge in [-0.15, -0.1) is 5.10 Å². The van der Waals surface area contributed by atoms with Crippen molar-refractivity contribution in [1.29, 1.82) is 0 Å². The summed E-state index contributed by atoms with van der Waals surface area (Å²) in [7, 11) is 0. The van der Waals surface area contributed by atoms with Gasteiger partial charge >= 0.3 is 0 Å². The first-order chi connectivity index (χ1) is 6.11. The van der Waals surface area contributed by atoms with Crippen molar-refractivity contribution in [2.75, 3.05) is 5.75 Å². The van der Waals surface area contributed by atoms with E-state index in [0.717, 1.165) is 0 Å². The zero-order chi connectivity index (χ0) is 9.84. The van der Waals surface area contributed by atoms with Crippen LogP contribution in [0.3, 0.4) is 0 Å². The molecule has 1 saturated heterocycles. The van der Waals surface area contributed by atoms with Crippen molar-refractivity contribution in [2.45, 2.75) is 13.8 Å². The maximum Gasteiger partial charge on any atom is 0.263 e. The number of amides is 1. The van der Waals surface area contributed by atoms with Gasteiger partial charge in [-0.05, 0) is 5.92 Å². The van der Waals surface area contributed by atoms with E-state index in [-0.39, 0.29) is 16.8 Å². The largest absolute Gasteiger partial charge is 0.279 e. The van der Waals surface area contributed by atoms with E-state index in [0.29, 0.717) is 11.0 Å². The highest BCUT2D eigenvalue weighted by Crippen LogP contribution is 2.16. The lowest BCUT2D eigenvalue weighted by molar-refractivity contribution is -0.144. The van der Waals surface area contributed by atoms with Crippen molar-refractivity contribution in [3.63, 3.8) is 0 Å². The third-order valence-electron chi connectivity index (χ3n) is 1.25. The normalized spacial score (nSPS) is 21.4. The van der Waals surface area contributed by atoms with Gasteiger partial charge in [-0.25, -0.2) is 0 Å². The third-order valence-corrected chi connectivity index (χ3v) is 2.15. The minimum absolute atomic E-state index is 0.229. The fraction of sp³-hybridized carbons (Fsp3) is 0.571. The Bertz CT molecular complexity index is 262. The van der Waals surface area contributed by atoms with Crippen LogP contribution in [0.2, 0.25) is 0 Å². The minimum Gasteiger partial charge on any atom is -0.279 e. The van der Waals surface area contributed by atoms with Crippen LogP contribution < -0.4 is 0 Å². The van der Waals surface area contributed by atoms with Gasteiger partial charge in [0.2, 0.25) is 5.17 Å². The van der Waals surface area contributed by atoms with Gasteiger partial charge in [-0.3, -0.25) is 10.0 Å². The van der Waals surface area contributed by atoms with Gasteiger partial charge < -0.3 is 0 Å². The van der Waals surface area contributed by atoms with Gasteiger partial charge in [-0.2, -0.15) is 10.2 Å². The quantitative estimate of drug-likeness (QED) is 0.411. The second-order valence-electron chi connectivity index (χ2n) is 2.89. The van der Waals surface area contributed by atoms with Gasteiger partial charge in [0.1, 0.15) is 0 Å². The maximum absolute atomic E-state index is 10.8. The fourth-order valence-corrected chi connectivity index (χ4v) is 1.35. The van der Waals surface area contributed by atoms with E-state index in [1.807, 2.05) is 13.8 Å². The van der Waals surface area contributed by atoms with Crippen molar-refractivity contribution in [3.8, 4) is 0 Å². The number of hydrogen-bond donors (Lipinski definition) is 1. The van der Waals surface area contributed by atoms with Crippen molar-refractivity contribution >= 4 is 29.1 Å². The summed E-state index contributed by atoms with van der Waals surface area (Å²) in [5, 5.41) is 17.3. The van der Waals surface area contributed by atoms with Gasteiger partial charge in [0.25, 0.3) is 5.91 Å². The number of carbonyl (C=O) groups is 1. The number of hydroxylamine groups is 2. The average molecular weight is 201 g/mol. The van der Waals surface area contributed by atoms with Gasteiger partial charge in [0.05, 0.1) is 5.75 Å². The number of hydrogen-bond acceptors (Lipinski definition) is 5. The number of thioether (sulfide) groups is 1. The lowest BCUT2D eigenvalue weighted by atomic mass is 10.3. The lowest BCUT2D eigenvalue weighted by Crippen LogP contribution is -2.24. The first-order valence-electron chi connectivity index (χ1n) is 3.87. The molecule has 0 aliphatic carbocycles. The molecule has 1 heterocycles. The summed E-state index contributed by atoms with van der Waals surface area (Å²) in [6.45, 7) is 3.93. The molecule has 1 amide bonds. The molecule has 0 bridgehead atoms. The molecule has 72 valence electrons. The van der Waals surface area contributed by atoms with Crippen LogP contribution in [0.25, 0.3) is 0 Å². The number of nitrogens with zero attached hydrogens (tertiary/aromatic N) is 3. The Morgan fingerprint density at radius 2 is 2.38 bits per heavy atom. The van der Waals surface area contributed by atoms with E-state index in [4.69, 9.17) is 5.21 Å². The highest BCUT2D eigenvalue weighted by atomic mass is 32.2. The fourth-order valence-electron chi connectivity index (χ4n) is 0.643. The van der Waals surface area contributed by atoms with E-state index >= 15 is 0 Å². The molecule has 13 heavy (non-hydrogen) atoms. The molecule has 1 aliphatic rings. The summed E-state index contributed by atoms with van der Waals surface area (Å²) < 4.78 is 0. The van der Waals surface area contributed by atoms with Crippen LogP contribution in [0.1, 0.15) is 13.8 Å². The zero-order valence-corrected chi connectivity index (χ0v) is 8.28. The summed E-state index contributed by atoms with van der Waals surface area (Å²) in [5.41, 5.74) is 0. The monoisotopic (exact) mass is 201 g/mol. The van der Waals surface area contributed by atoms with Crippen molar-refractivity contribution in [1.82, 2.24) is 5.06 Å². The first kappa shape index (κ1) is 10.2. The molecular formula is C7H11N3O2S. The van der Waals surface area contributed by atoms with Crippen molar-refractivity contribution in [3.05, 3.63) is 0 Å². The average Bonchev–Trinajstić information content (AvgIpc) is 2.35. The van der Waals surface area contributed by atoms with E-state index < -0.39 is 0 Å². The van der Waals surface area contributed by atoms with E-state index in [2.05, 4.69) is 10.2 Å². The summed E-state index contributed by atoms with van der Waals surface area (Å²) >= 11 is 1.17. The Hall–Kier alpha value is -0.880. The van der Waals surface area contributed by atoms with Crippen LogP contribution in [0.5, 0.6) is 0 Å². The first-order valence-corrected chi connectivity index (χ1v) is 4.85. The van der Waals surface area contributed by atoms with Crippen LogP contribution in [-0.2, 0) is 4.79 Å². The summed E-state index contributed by atoms with van der Waals surface area (Å²) in [6.07, 6.45) is 1.64. The molecular weight excluding hydrogens is 190 g/mol. The molecule has 0 aromatic heterocycles. The maximum atomic E-state index is 10.8.